The molecule has 0 aliphatic heterocycles. The van der Waals surface area contributed by atoms with E-state index in [-0.39, 0.29) is 0 Å². The Morgan fingerprint density at radius 2 is 1.63 bits per heavy atom. The van der Waals surface area contributed by atoms with Crippen LogP contribution in [0.1, 0.15) is 21.5 Å². The van der Waals surface area contributed by atoms with Crippen LogP contribution in [0.15, 0.2) is 75.9 Å². The minimum Gasteiger partial charge on any atom is -0.497 e. The second-order valence-corrected chi connectivity index (χ2v) is 7.03. The van der Waals surface area contributed by atoms with Crippen molar-refractivity contribution in [3.05, 3.63) is 93.8 Å². The van der Waals surface area contributed by atoms with E-state index >= 15 is 0 Å². The van der Waals surface area contributed by atoms with E-state index < -0.39 is 11.6 Å². The molecule has 0 aliphatic rings. The Morgan fingerprint density at radius 1 is 0.900 bits per heavy atom. The van der Waals surface area contributed by atoms with Crippen molar-refractivity contribution < 1.29 is 18.7 Å². The second kappa shape index (κ2) is 7.87. The second-order valence-electron chi connectivity index (χ2n) is 7.03. The van der Waals surface area contributed by atoms with Gasteiger partial charge in [-0.15, -0.1) is 0 Å². The lowest BCUT2D eigenvalue weighted by molar-refractivity contribution is 0.0735. The first-order valence-corrected chi connectivity index (χ1v) is 9.47. The quantitative estimate of drug-likeness (QED) is 0.264. The summed E-state index contributed by atoms with van der Waals surface area (Å²) in [4.78, 5) is 25.1. The number of hydrogen-bond donors (Lipinski definition) is 0. The lowest BCUT2D eigenvalue weighted by atomic mass is 9.99. The fourth-order valence-electron chi connectivity index (χ4n) is 3.42. The number of aryl methyl sites for hydroxylation is 2. The van der Waals surface area contributed by atoms with Crippen molar-refractivity contribution in [3.8, 4) is 22.6 Å². The normalized spacial score (nSPS) is 10.8. The number of methoxy groups -OCH3 is 1. The van der Waals surface area contributed by atoms with E-state index in [1.54, 1.807) is 49.6 Å². The van der Waals surface area contributed by atoms with Gasteiger partial charge in [0.1, 0.15) is 17.1 Å². The lowest BCUT2D eigenvalue weighted by Gasteiger charge is -2.10. The zero-order valence-electron chi connectivity index (χ0n) is 16.9. The topological polar surface area (TPSA) is 65.7 Å². The van der Waals surface area contributed by atoms with Gasteiger partial charge in [-0.05, 0) is 67.4 Å². The molecule has 0 saturated heterocycles. The van der Waals surface area contributed by atoms with Crippen LogP contribution in [0, 0.1) is 13.8 Å². The summed E-state index contributed by atoms with van der Waals surface area (Å²) in [6.45, 7) is 3.77. The van der Waals surface area contributed by atoms with Gasteiger partial charge < -0.3 is 13.9 Å². The number of carbonyl (C=O) groups excluding carboxylic acids is 1. The molecule has 1 aromatic heterocycles. The first-order valence-electron chi connectivity index (χ1n) is 9.47. The fourth-order valence-corrected chi connectivity index (χ4v) is 3.42. The van der Waals surface area contributed by atoms with Crippen LogP contribution in [0.4, 0.5) is 0 Å². The van der Waals surface area contributed by atoms with Gasteiger partial charge in [-0.2, -0.15) is 0 Å². The average Bonchev–Trinajstić information content (AvgIpc) is 2.74. The largest absolute Gasteiger partial charge is 0.497 e. The van der Waals surface area contributed by atoms with Gasteiger partial charge in [0, 0.05) is 5.39 Å². The molecule has 0 spiro atoms. The highest BCUT2D eigenvalue weighted by Crippen LogP contribution is 2.30. The Morgan fingerprint density at radius 3 is 2.33 bits per heavy atom. The Bertz CT molecular complexity index is 1300. The predicted octanol–water partition coefficient (Wildman–Crippen LogP) is 5.30. The monoisotopic (exact) mass is 400 g/mol. The molecule has 0 amide bonds. The van der Waals surface area contributed by atoms with E-state index in [0.717, 1.165) is 16.7 Å². The van der Waals surface area contributed by atoms with E-state index in [1.165, 1.54) is 0 Å². The SMILES string of the molecule is COc1ccc(-c2c(C)c3cc(OC(=O)c4cccc(C)c4)ccc3oc2=O)cc1. The van der Waals surface area contributed by atoms with Crippen LogP contribution in [0.25, 0.3) is 22.1 Å². The molecule has 4 aromatic rings. The van der Waals surface area contributed by atoms with Crippen molar-refractivity contribution >= 4 is 16.9 Å². The zero-order chi connectivity index (χ0) is 21.3. The molecule has 0 fully saturated rings. The molecule has 0 radical (unpaired) electrons. The molecule has 0 bridgehead atoms. The van der Waals surface area contributed by atoms with Crippen molar-refractivity contribution in [2.45, 2.75) is 13.8 Å². The summed E-state index contributed by atoms with van der Waals surface area (Å²) in [7, 11) is 1.59. The van der Waals surface area contributed by atoms with Crippen LogP contribution in [-0.2, 0) is 0 Å². The Hall–Kier alpha value is -3.86. The van der Waals surface area contributed by atoms with E-state index in [9.17, 15) is 9.59 Å². The molecule has 30 heavy (non-hydrogen) atoms. The Kier molecular flexibility index (Phi) is 5.11. The summed E-state index contributed by atoms with van der Waals surface area (Å²) in [6.07, 6.45) is 0. The number of hydrogen-bond acceptors (Lipinski definition) is 5. The summed E-state index contributed by atoms with van der Waals surface area (Å²) < 4.78 is 16.2. The van der Waals surface area contributed by atoms with Crippen LogP contribution in [0.5, 0.6) is 11.5 Å². The van der Waals surface area contributed by atoms with Crippen molar-refractivity contribution in [1.82, 2.24) is 0 Å². The minimum absolute atomic E-state index is 0.381. The molecule has 0 N–H and O–H groups in total. The third-order valence-electron chi connectivity index (χ3n) is 4.98. The Labute approximate surface area is 173 Å². The van der Waals surface area contributed by atoms with E-state index in [1.807, 2.05) is 38.1 Å². The number of carbonyl (C=O) groups is 1. The number of esters is 1. The summed E-state index contributed by atoms with van der Waals surface area (Å²) in [6, 6.07) is 19.4. The van der Waals surface area contributed by atoms with E-state index in [0.29, 0.717) is 33.6 Å². The van der Waals surface area contributed by atoms with Gasteiger partial charge in [0.2, 0.25) is 0 Å². The number of ether oxygens (including phenoxy) is 2. The number of benzene rings is 3. The van der Waals surface area contributed by atoms with Crippen molar-refractivity contribution in [2.75, 3.05) is 7.11 Å². The van der Waals surface area contributed by atoms with E-state index in [4.69, 9.17) is 13.9 Å². The highest BCUT2D eigenvalue weighted by Gasteiger charge is 2.15. The summed E-state index contributed by atoms with van der Waals surface area (Å²) >= 11 is 0. The van der Waals surface area contributed by atoms with Gasteiger partial charge in [-0.25, -0.2) is 9.59 Å². The smallest absolute Gasteiger partial charge is 0.344 e. The highest BCUT2D eigenvalue weighted by molar-refractivity contribution is 5.93. The maximum Gasteiger partial charge on any atom is 0.344 e. The summed E-state index contributed by atoms with van der Waals surface area (Å²) in [5.41, 5.74) is 3.41. The number of fused-ring (bicyclic) bond motifs is 1. The van der Waals surface area contributed by atoms with Crippen LogP contribution in [0.3, 0.4) is 0 Å². The van der Waals surface area contributed by atoms with E-state index in [2.05, 4.69) is 0 Å². The van der Waals surface area contributed by atoms with Gasteiger partial charge in [0.15, 0.2) is 0 Å². The van der Waals surface area contributed by atoms with Crippen LogP contribution >= 0.6 is 0 Å². The maximum atomic E-state index is 12.6. The summed E-state index contributed by atoms with van der Waals surface area (Å²) in [5, 5.41) is 0.704. The fraction of sp³-hybridized carbons (Fsp3) is 0.120. The van der Waals surface area contributed by atoms with Crippen LogP contribution in [-0.4, -0.2) is 13.1 Å². The van der Waals surface area contributed by atoms with Crippen molar-refractivity contribution in [1.29, 1.82) is 0 Å². The van der Waals surface area contributed by atoms with Gasteiger partial charge in [0.05, 0.1) is 18.2 Å². The molecule has 0 atom stereocenters. The predicted molar refractivity (Wildman–Crippen MR) is 115 cm³/mol. The molecule has 0 unspecified atom stereocenters. The first kappa shape index (κ1) is 19.5. The third kappa shape index (κ3) is 3.70. The molecule has 1 heterocycles. The highest BCUT2D eigenvalue weighted by atomic mass is 16.5. The van der Waals surface area contributed by atoms with Crippen LogP contribution in [0.2, 0.25) is 0 Å². The first-order chi connectivity index (χ1) is 14.5. The van der Waals surface area contributed by atoms with Gasteiger partial charge in [-0.1, -0.05) is 29.8 Å². The van der Waals surface area contributed by atoms with Gasteiger partial charge in [0.25, 0.3) is 0 Å². The van der Waals surface area contributed by atoms with Crippen molar-refractivity contribution in [3.63, 3.8) is 0 Å². The maximum absolute atomic E-state index is 12.6. The molecule has 0 aliphatic carbocycles. The number of rotatable bonds is 4. The Balaban J connectivity index is 1.74. The molecule has 3 aromatic carbocycles. The minimum atomic E-state index is -0.441. The van der Waals surface area contributed by atoms with Gasteiger partial charge in [-0.3, -0.25) is 0 Å². The molecule has 5 heteroatoms. The standard InChI is InChI=1S/C25H20O5/c1-15-5-4-6-18(13-15)24(26)29-20-11-12-22-21(14-20)16(2)23(25(27)30-22)17-7-9-19(28-3)10-8-17/h4-14H,1-3H3. The third-order valence-corrected chi connectivity index (χ3v) is 4.98. The zero-order valence-corrected chi connectivity index (χ0v) is 16.9. The lowest BCUT2D eigenvalue weighted by Crippen LogP contribution is -2.09. The molecule has 5 nitrogen and oxygen atoms in total. The van der Waals surface area contributed by atoms with Gasteiger partial charge >= 0.3 is 11.6 Å². The molecule has 4 rings (SSSR count). The molecular weight excluding hydrogens is 380 g/mol. The van der Waals surface area contributed by atoms with Crippen molar-refractivity contribution in [2.24, 2.45) is 0 Å². The summed E-state index contributed by atoms with van der Waals surface area (Å²) in [5.74, 6) is 0.641. The molecule has 150 valence electrons. The average molecular weight is 400 g/mol. The molecular formula is C25H20O5. The van der Waals surface area contributed by atoms with Crippen LogP contribution < -0.4 is 15.1 Å². The molecule has 0 saturated carbocycles.